The molecule has 3 aromatic rings. The molecule has 0 saturated carbocycles. The molecule has 0 aliphatic heterocycles. The molecule has 0 spiro atoms. The van der Waals surface area contributed by atoms with E-state index in [2.05, 4.69) is 25.7 Å². The minimum Gasteiger partial charge on any atom is -0.383 e. The van der Waals surface area contributed by atoms with Gasteiger partial charge >= 0.3 is 0 Å². The van der Waals surface area contributed by atoms with Crippen LogP contribution in [-0.2, 0) is 16.1 Å². The van der Waals surface area contributed by atoms with E-state index in [-0.39, 0.29) is 5.91 Å². The van der Waals surface area contributed by atoms with Gasteiger partial charge in [-0.05, 0) is 25.1 Å². The largest absolute Gasteiger partial charge is 0.383 e. The fraction of sp³-hybridized carbons (Fsp3) is 0.200. The second kappa shape index (κ2) is 9.43. The van der Waals surface area contributed by atoms with E-state index in [1.165, 1.54) is 12.4 Å². The average molecular weight is 378 g/mol. The lowest BCUT2D eigenvalue weighted by Gasteiger charge is -2.07. The second-order valence-corrected chi connectivity index (χ2v) is 5.97. The lowest BCUT2D eigenvalue weighted by molar-refractivity contribution is -0.111. The van der Waals surface area contributed by atoms with Crippen molar-refractivity contribution in [2.75, 3.05) is 24.4 Å². The lowest BCUT2D eigenvalue weighted by Crippen LogP contribution is -2.07. The van der Waals surface area contributed by atoms with Gasteiger partial charge in [0.15, 0.2) is 0 Å². The molecule has 2 N–H and O–H groups in total. The first kappa shape index (κ1) is 19.2. The summed E-state index contributed by atoms with van der Waals surface area (Å²) in [4.78, 5) is 20.3. The monoisotopic (exact) mass is 378 g/mol. The number of ether oxygens (including phenoxy) is 1. The van der Waals surface area contributed by atoms with Crippen molar-refractivity contribution in [2.24, 2.45) is 0 Å². The number of nitrogens with one attached hydrogen (secondary N) is 2. The van der Waals surface area contributed by atoms with Gasteiger partial charge in [-0.3, -0.25) is 9.48 Å². The van der Waals surface area contributed by atoms with Gasteiger partial charge in [-0.15, -0.1) is 0 Å². The maximum Gasteiger partial charge on any atom is 0.248 e. The fourth-order valence-electron chi connectivity index (χ4n) is 2.56. The fourth-order valence-corrected chi connectivity index (χ4v) is 2.56. The van der Waals surface area contributed by atoms with Gasteiger partial charge in [0.05, 0.1) is 30.7 Å². The molecule has 2 aromatic heterocycles. The Labute approximate surface area is 163 Å². The van der Waals surface area contributed by atoms with Crippen molar-refractivity contribution < 1.29 is 9.53 Å². The van der Waals surface area contributed by atoms with Crippen LogP contribution in [0.3, 0.4) is 0 Å². The molecule has 0 bridgehead atoms. The molecule has 0 aliphatic carbocycles. The van der Waals surface area contributed by atoms with Crippen molar-refractivity contribution in [3.63, 3.8) is 0 Å². The number of methoxy groups -OCH3 is 1. The van der Waals surface area contributed by atoms with Gasteiger partial charge in [-0.25, -0.2) is 9.97 Å². The van der Waals surface area contributed by atoms with Crippen LogP contribution >= 0.6 is 0 Å². The number of hydrogen-bond donors (Lipinski definition) is 2. The molecule has 3 rings (SSSR count). The van der Waals surface area contributed by atoms with Crippen molar-refractivity contribution in [3.8, 4) is 11.3 Å². The van der Waals surface area contributed by atoms with Crippen LogP contribution in [0.4, 0.5) is 17.2 Å². The minimum absolute atomic E-state index is 0.171. The summed E-state index contributed by atoms with van der Waals surface area (Å²) in [6.07, 6.45) is 8.29. The zero-order valence-corrected chi connectivity index (χ0v) is 15.8. The van der Waals surface area contributed by atoms with Crippen LogP contribution in [0.1, 0.15) is 6.92 Å². The van der Waals surface area contributed by atoms with Crippen molar-refractivity contribution in [1.82, 2.24) is 19.7 Å². The number of aromatic nitrogens is 4. The molecule has 0 saturated heterocycles. The zero-order valence-electron chi connectivity index (χ0n) is 15.8. The minimum atomic E-state index is -0.171. The molecule has 144 valence electrons. The quantitative estimate of drug-likeness (QED) is 0.585. The molecule has 8 nitrogen and oxygen atoms in total. The molecule has 1 amide bonds. The Kier molecular flexibility index (Phi) is 6.48. The molecule has 1 aromatic carbocycles. The third-order valence-corrected chi connectivity index (χ3v) is 3.84. The topological polar surface area (TPSA) is 94.0 Å². The summed E-state index contributed by atoms with van der Waals surface area (Å²) in [6.45, 7) is 3.07. The maximum absolute atomic E-state index is 11.7. The molecule has 0 fully saturated rings. The Morgan fingerprint density at radius 2 is 2.14 bits per heavy atom. The van der Waals surface area contributed by atoms with E-state index in [1.807, 2.05) is 36.5 Å². The van der Waals surface area contributed by atoms with Crippen molar-refractivity contribution in [2.45, 2.75) is 13.5 Å². The van der Waals surface area contributed by atoms with Gasteiger partial charge in [-0.2, -0.15) is 5.10 Å². The molecule has 2 heterocycles. The van der Waals surface area contributed by atoms with E-state index >= 15 is 0 Å². The smallest absolute Gasteiger partial charge is 0.248 e. The van der Waals surface area contributed by atoms with E-state index < -0.39 is 0 Å². The predicted molar refractivity (Wildman–Crippen MR) is 108 cm³/mol. The summed E-state index contributed by atoms with van der Waals surface area (Å²) in [5.41, 5.74) is 3.15. The number of carbonyl (C=O) groups excluding carboxylic acids is 1. The highest BCUT2D eigenvalue weighted by Crippen LogP contribution is 2.23. The van der Waals surface area contributed by atoms with E-state index in [9.17, 15) is 4.79 Å². The van der Waals surface area contributed by atoms with Crippen LogP contribution in [0.15, 0.2) is 61.2 Å². The van der Waals surface area contributed by atoms with Crippen LogP contribution in [0.2, 0.25) is 0 Å². The first-order chi connectivity index (χ1) is 13.7. The molecule has 0 unspecified atom stereocenters. The highest BCUT2D eigenvalue weighted by atomic mass is 16.5. The third-order valence-electron chi connectivity index (χ3n) is 3.84. The number of carbonyl (C=O) groups is 1. The molecule has 0 atom stereocenters. The number of benzene rings is 1. The van der Waals surface area contributed by atoms with Crippen LogP contribution in [0.5, 0.6) is 0 Å². The average Bonchev–Trinajstić information content (AvgIpc) is 3.14. The van der Waals surface area contributed by atoms with Crippen LogP contribution in [0.25, 0.3) is 11.3 Å². The van der Waals surface area contributed by atoms with Gasteiger partial charge in [0.25, 0.3) is 0 Å². The first-order valence-corrected chi connectivity index (χ1v) is 8.82. The Bertz CT molecular complexity index is 967. The van der Waals surface area contributed by atoms with Crippen LogP contribution in [-0.4, -0.2) is 39.4 Å². The Morgan fingerprint density at radius 1 is 1.25 bits per heavy atom. The molecular formula is C20H22N6O2. The van der Waals surface area contributed by atoms with Gasteiger partial charge in [0, 0.05) is 30.6 Å². The Morgan fingerprint density at radius 3 is 2.96 bits per heavy atom. The Balaban J connectivity index is 1.74. The summed E-state index contributed by atoms with van der Waals surface area (Å²) in [7, 11) is 1.66. The molecule has 28 heavy (non-hydrogen) atoms. The number of nitrogens with zero attached hydrogens (tertiary/aromatic N) is 4. The van der Waals surface area contributed by atoms with Crippen LogP contribution < -0.4 is 10.6 Å². The number of anilines is 3. The summed E-state index contributed by atoms with van der Waals surface area (Å²) in [5.74, 6) is 0.481. The van der Waals surface area contributed by atoms with Crippen LogP contribution in [0, 0.1) is 0 Å². The van der Waals surface area contributed by atoms with E-state index in [1.54, 1.807) is 31.0 Å². The summed E-state index contributed by atoms with van der Waals surface area (Å²) < 4.78 is 6.85. The Hall–Kier alpha value is -3.52. The van der Waals surface area contributed by atoms with E-state index in [4.69, 9.17) is 4.74 Å². The van der Waals surface area contributed by atoms with E-state index in [0.29, 0.717) is 24.7 Å². The predicted octanol–water partition coefficient (Wildman–Crippen LogP) is 3.24. The van der Waals surface area contributed by atoms with Crippen molar-refractivity contribution >= 4 is 23.1 Å². The highest BCUT2D eigenvalue weighted by molar-refractivity contribution is 5.99. The van der Waals surface area contributed by atoms with Gasteiger partial charge in [-0.1, -0.05) is 18.2 Å². The lowest BCUT2D eigenvalue weighted by atomic mass is 10.1. The number of allylic oxidation sites excluding steroid dienone is 1. The summed E-state index contributed by atoms with van der Waals surface area (Å²) in [5, 5.41) is 10.3. The van der Waals surface area contributed by atoms with Gasteiger partial charge in [0.2, 0.25) is 5.91 Å². The van der Waals surface area contributed by atoms with E-state index in [0.717, 1.165) is 16.9 Å². The molecule has 8 heteroatoms. The standard InChI is InChI=1S/C20H22N6O2/c1-3-5-20(27)25-16-7-4-6-15(10-16)18-11-19(22-14-21-18)24-17-12-23-26(13-17)8-9-28-2/h3-7,10-14H,8-9H2,1-2H3,(H,25,27)(H,21,22,24)/b5-3+. The molecular weight excluding hydrogens is 356 g/mol. The highest BCUT2D eigenvalue weighted by Gasteiger charge is 2.06. The number of hydrogen-bond acceptors (Lipinski definition) is 6. The molecule has 0 aliphatic rings. The summed E-state index contributed by atoms with van der Waals surface area (Å²) >= 11 is 0. The second-order valence-electron chi connectivity index (χ2n) is 5.97. The van der Waals surface area contributed by atoms with Crippen molar-refractivity contribution in [1.29, 1.82) is 0 Å². The first-order valence-electron chi connectivity index (χ1n) is 8.82. The van der Waals surface area contributed by atoms with Gasteiger partial charge < -0.3 is 15.4 Å². The third kappa shape index (κ3) is 5.24. The molecule has 0 radical (unpaired) electrons. The zero-order chi connectivity index (χ0) is 19.8. The number of rotatable bonds is 8. The van der Waals surface area contributed by atoms with Crippen molar-refractivity contribution in [3.05, 3.63) is 61.2 Å². The van der Waals surface area contributed by atoms with Gasteiger partial charge in [0.1, 0.15) is 12.1 Å². The SMILES string of the molecule is C/C=C/C(=O)Nc1cccc(-c2cc(Nc3cnn(CCOC)c3)ncn2)c1. The summed E-state index contributed by atoms with van der Waals surface area (Å²) in [6, 6.07) is 9.35. The maximum atomic E-state index is 11.7. The normalized spacial score (nSPS) is 10.9. The number of amides is 1.